The maximum Gasteiger partial charge on any atom is 0.132 e. The van der Waals surface area contributed by atoms with Gasteiger partial charge in [-0.25, -0.2) is 0 Å². The van der Waals surface area contributed by atoms with Crippen molar-refractivity contribution in [3.63, 3.8) is 0 Å². The third-order valence-electron chi connectivity index (χ3n) is 4.65. The molecule has 0 aliphatic carbocycles. The Balaban J connectivity index is 2.12. The van der Waals surface area contributed by atoms with E-state index in [-0.39, 0.29) is 0 Å². The van der Waals surface area contributed by atoms with Gasteiger partial charge in [-0.1, -0.05) is 18.2 Å². The van der Waals surface area contributed by atoms with Crippen molar-refractivity contribution in [2.75, 3.05) is 0 Å². The molecule has 2 heterocycles. The second-order valence-corrected chi connectivity index (χ2v) is 6.62. The van der Waals surface area contributed by atoms with Crippen LogP contribution in [0.5, 0.6) is 5.75 Å². The first kappa shape index (κ1) is 13.6. The molecule has 4 heteroatoms. The smallest absolute Gasteiger partial charge is 0.132 e. The van der Waals surface area contributed by atoms with Crippen LogP contribution in [0.2, 0.25) is 0 Å². The van der Waals surface area contributed by atoms with Gasteiger partial charge in [0.2, 0.25) is 0 Å². The van der Waals surface area contributed by atoms with Crippen LogP contribution in [0.3, 0.4) is 0 Å². The molecule has 2 aromatic carbocycles. The minimum Gasteiger partial charge on any atom is -0.484 e. The lowest BCUT2D eigenvalue weighted by Crippen LogP contribution is -2.49. The molecule has 4 nitrogen and oxygen atoms in total. The van der Waals surface area contributed by atoms with E-state index in [9.17, 15) is 10.2 Å². The Morgan fingerprint density at radius 3 is 2.64 bits per heavy atom. The van der Waals surface area contributed by atoms with E-state index in [2.05, 4.69) is 17.1 Å². The molecule has 1 aliphatic rings. The molecule has 4 rings (SSSR count). The van der Waals surface area contributed by atoms with E-state index in [0.29, 0.717) is 11.3 Å². The average Bonchev–Trinajstić information content (AvgIpc) is 2.83. The van der Waals surface area contributed by atoms with E-state index in [4.69, 9.17) is 4.74 Å². The van der Waals surface area contributed by atoms with Crippen molar-refractivity contribution in [2.45, 2.75) is 38.6 Å². The molecule has 3 N–H and O–H groups in total. The number of aromatic amines is 1. The normalized spacial score (nSPS) is 23.5. The van der Waals surface area contributed by atoms with Gasteiger partial charge in [0.05, 0.1) is 5.52 Å². The van der Waals surface area contributed by atoms with Crippen molar-refractivity contribution < 1.29 is 14.9 Å². The molecule has 0 saturated heterocycles. The van der Waals surface area contributed by atoms with Crippen LogP contribution in [-0.4, -0.2) is 26.9 Å². The van der Waals surface area contributed by atoms with E-state index < -0.39 is 17.8 Å². The number of nitrogens with one attached hydrogen (secondary N) is 1. The topological polar surface area (TPSA) is 65.5 Å². The lowest BCUT2D eigenvalue weighted by molar-refractivity contribution is -0.111. The number of hydrogen-bond acceptors (Lipinski definition) is 3. The molecule has 114 valence electrons. The molecule has 0 spiro atoms. The fourth-order valence-electron chi connectivity index (χ4n) is 3.41. The molecule has 0 fully saturated rings. The Kier molecular flexibility index (Phi) is 2.63. The molecular weight excluding hydrogens is 278 g/mol. The maximum absolute atomic E-state index is 10.7. The average molecular weight is 297 g/mol. The zero-order valence-corrected chi connectivity index (χ0v) is 12.8. The quantitative estimate of drug-likeness (QED) is 0.597. The number of benzene rings is 2. The number of aromatic nitrogens is 1. The number of hydrogen-bond donors (Lipinski definition) is 3. The zero-order chi connectivity index (χ0) is 15.6. The molecule has 0 radical (unpaired) electrons. The third-order valence-corrected chi connectivity index (χ3v) is 4.65. The zero-order valence-electron chi connectivity index (χ0n) is 12.8. The fourth-order valence-corrected chi connectivity index (χ4v) is 3.41. The highest BCUT2D eigenvalue weighted by Gasteiger charge is 2.44. The summed E-state index contributed by atoms with van der Waals surface area (Å²) in [6.07, 6.45) is -1.95. The van der Waals surface area contributed by atoms with Crippen LogP contribution in [0.1, 0.15) is 31.1 Å². The number of aryl methyl sites for hydroxylation is 1. The summed E-state index contributed by atoms with van der Waals surface area (Å²) in [5.74, 6) is 0.668. The summed E-state index contributed by atoms with van der Waals surface area (Å²) in [5.41, 5.74) is 2.64. The van der Waals surface area contributed by atoms with Crippen LogP contribution in [-0.2, 0) is 0 Å². The van der Waals surface area contributed by atoms with Crippen LogP contribution < -0.4 is 4.74 Å². The first-order valence-electron chi connectivity index (χ1n) is 7.49. The summed E-state index contributed by atoms with van der Waals surface area (Å²) in [4.78, 5) is 3.36. The van der Waals surface area contributed by atoms with Crippen LogP contribution in [0.25, 0.3) is 21.8 Å². The van der Waals surface area contributed by atoms with Crippen LogP contribution in [0.15, 0.2) is 30.3 Å². The maximum atomic E-state index is 10.7. The van der Waals surface area contributed by atoms with Gasteiger partial charge in [0, 0.05) is 21.9 Å². The molecular formula is C18H19NO3. The van der Waals surface area contributed by atoms with Crippen molar-refractivity contribution in [1.29, 1.82) is 0 Å². The summed E-state index contributed by atoms with van der Waals surface area (Å²) in [6, 6.07) is 10.1. The van der Waals surface area contributed by atoms with E-state index in [1.165, 1.54) is 0 Å². The van der Waals surface area contributed by atoms with Gasteiger partial charge in [-0.05, 0) is 38.5 Å². The van der Waals surface area contributed by atoms with Crippen LogP contribution in [0, 0.1) is 6.92 Å². The van der Waals surface area contributed by atoms with E-state index in [1.54, 1.807) is 13.8 Å². The summed E-state index contributed by atoms with van der Waals surface area (Å²) in [6.45, 7) is 5.55. The van der Waals surface area contributed by atoms with Gasteiger partial charge in [0.25, 0.3) is 0 Å². The predicted molar refractivity (Wildman–Crippen MR) is 86.2 cm³/mol. The standard InChI is InChI=1S/C18H19NO3/c1-9-8-11-10-6-4-5-7-12(10)19-14(11)13-15(20)17(21)18(2,3)22-16(9)13/h4-8,15,17,19-21H,1-3H3/t15-,17+/m1/s1. The largest absolute Gasteiger partial charge is 0.484 e. The molecule has 0 saturated carbocycles. The summed E-state index contributed by atoms with van der Waals surface area (Å²) in [5, 5.41) is 23.2. The molecule has 1 aliphatic heterocycles. The second kappa shape index (κ2) is 4.24. The van der Waals surface area contributed by atoms with Gasteiger partial charge in [0.15, 0.2) is 0 Å². The third kappa shape index (κ3) is 1.65. The van der Waals surface area contributed by atoms with Gasteiger partial charge in [-0.2, -0.15) is 0 Å². The Labute approximate surface area is 128 Å². The van der Waals surface area contributed by atoms with Crippen molar-refractivity contribution in [3.8, 4) is 5.75 Å². The predicted octanol–water partition coefficient (Wildman–Crippen LogP) is 3.19. The highest BCUT2D eigenvalue weighted by molar-refractivity contribution is 6.09. The molecule has 3 aromatic rings. The molecule has 22 heavy (non-hydrogen) atoms. The van der Waals surface area contributed by atoms with E-state index in [0.717, 1.165) is 27.4 Å². The molecule has 2 atom stereocenters. The molecule has 0 unspecified atom stereocenters. The van der Waals surface area contributed by atoms with Crippen molar-refractivity contribution in [2.24, 2.45) is 0 Å². The monoisotopic (exact) mass is 297 g/mol. The van der Waals surface area contributed by atoms with Crippen molar-refractivity contribution in [1.82, 2.24) is 4.98 Å². The number of ether oxygens (including phenoxy) is 1. The lowest BCUT2D eigenvalue weighted by Gasteiger charge is -2.40. The van der Waals surface area contributed by atoms with Crippen LogP contribution in [0.4, 0.5) is 0 Å². The lowest BCUT2D eigenvalue weighted by atomic mass is 9.86. The Morgan fingerprint density at radius 2 is 1.86 bits per heavy atom. The highest BCUT2D eigenvalue weighted by atomic mass is 16.5. The fraction of sp³-hybridized carbons (Fsp3) is 0.333. The van der Waals surface area contributed by atoms with Gasteiger partial charge in [-0.3, -0.25) is 0 Å². The second-order valence-electron chi connectivity index (χ2n) is 6.62. The molecule has 1 aromatic heterocycles. The van der Waals surface area contributed by atoms with E-state index in [1.807, 2.05) is 25.1 Å². The Hall–Kier alpha value is -2.04. The summed E-state index contributed by atoms with van der Waals surface area (Å²) < 4.78 is 6.01. The van der Waals surface area contributed by atoms with Crippen LogP contribution >= 0.6 is 0 Å². The number of fused-ring (bicyclic) bond motifs is 5. The number of H-pyrrole nitrogens is 1. The minimum absolute atomic E-state index is 0.651. The minimum atomic E-state index is -0.978. The van der Waals surface area contributed by atoms with Gasteiger partial charge >= 0.3 is 0 Å². The Bertz CT molecular complexity index is 894. The molecule has 0 bridgehead atoms. The number of aliphatic hydroxyl groups excluding tert-OH is 2. The highest BCUT2D eigenvalue weighted by Crippen LogP contribution is 2.46. The number of rotatable bonds is 0. The van der Waals surface area contributed by atoms with E-state index >= 15 is 0 Å². The first-order valence-corrected chi connectivity index (χ1v) is 7.49. The SMILES string of the molecule is Cc1cc2c([nH]c3ccccc32)c2c1OC(C)(C)[C@@H](O)[C@@H]2O. The number of aliphatic hydroxyl groups is 2. The molecule has 0 amide bonds. The first-order chi connectivity index (χ1) is 10.4. The number of para-hydroxylation sites is 1. The Morgan fingerprint density at radius 1 is 1.14 bits per heavy atom. The van der Waals surface area contributed by atoms with Crippen molar-refractivity contribution in [3.05, 3.63) is 41.5 Å². The van der Waals surface area contributed by atoms with Gasteiger partial charge < -0.3 is 19.9 Å². The summed E-state index contributed by atoms with van der Waals surface area (Å²) >= 11 is 0. The van der Waals surface area contributed by atoms with Gasteiger partial charge in [0.1, 0.15) is 23.6 Å². The van der Waals surface area contributed by atoms with Crippen molar-refractivity contribution >= 4 is 21.8 Å². The van der Waals surface area contributed by atoms with Gasteiger partial charge in [-0.15, -0.1) is 0 Å². The summed E-state index contributed by atoms with van der Waals surface area (Å²) in [7, 11) is 0.